The molecule has 0 spiro atoms. The van der Waals surface area contributed by atoms with Crippen molar-refractivity contribution in [2.24, 2.45) is 5.73 Å². The van der Waals surface area contributed by atoms with Crippen LogP contribution in [0.15, 0.2) is 24.3 Å². The Morgan fingerprint density at radius 1 is 1.39 bits per heavy atom. The molecule has 0 aromatic heterocycles. The minimum atomic E-state index is 0.0773. The Morgan fingerprint density at radius 2 is 2.06 bits per heavy atom. The van der Waals surface area contributed by atoms with Gasteiger partial charge in [0.25, 0.3) is 0 Å². The SMILES string of the molecule is CN(C)C1(CN)CCN(c2ccc(C#N)cc2)C1. The molecule has 1 fully saturated rings. The van der Waals surface area contributed by atoms with Gasteiger partial charge >= 0.3 is 0 Å². The van der Waals surface area contributed by atoms with E-state index in [1.165, 1.54) is 5.69 Å². The highest BCUT2D eigenvalue weighted by Crippen LogP contribution is 2.29. The zero-order valence-corrected chi connectivity index (χ0v) is 11.1. The highest BCUT2D eigenvalue weighted by atomic mass is 15.3. The van der Waals surface area contributed by atoms with Crippen LogP contribution in [-0.2, 0) is 0 Å². The summed E-state index contributed by atoms with van der Waals surface area (Å²) in [7, 11) is 4.18. The molecule has 1 unspecified atom stereocenters. The van der Waals surface area contributed by atoms with E-state index in [2.05, 4.69) is 30.0 Å². The summed E-state index contributed by atoms with van der Waals surface area (Å²) in [6.45, 7) is 2.64. The lowest BCUT2D eigenvalue weighted by atomic mass is 9.97. The number of nitriles is 1. The van der Waals surface area contributed by atoms with Crippen LogP contribution in [0.25, 0.3) is 0 Å². The van der Waals surface area contributed by atoms with Crippen molar-refractivity contribution < 1.29 is 0 Å². The van der Waals surface area contributed by atoms with E-state index in [0.29, 0.717) is 12.1 Å². The second-order valence-electron chi connectivity index (χ2n) is 5.15. The smallest absolute Gasteiger partial charge is 0.0991 e. The average Bonchev–Trinajstić information content (AvgIpc) is 2.84. The molecule has 4 nitrogen and oxygen atoms in total. The van der Waals surface area contributed by atoms with Crippen LogP contribution >= 0.6 is 0 Å². The van der Waals surface area contributed by atoms with Gasteiger partial charge in [-0.3, -0.25) is 0 Å². The van der Waals surface area contributed by atoms with Crippen LogP contribution in [0.4, 0.5) is 5.69 Å². The Balaban J connectivity index is 2.15. The summed E-state index contributed by atoms with van der Waals surface area (Å²) in [5.41, 5.74) is 7.90. The van der Waals surface area contributed by atoms with Gasteiger partial charge in [-0.15, -0.1) is 0 Å². The summed E-state index contributed by atoms with van der Waals surface area (Å²) in [5.74, 6) is 0. The van der Waals surface area contributed by atoms with Crippen LogP contribution in [0.3, 0.4) is 0 Å². The van der Waals surface area contributed by atoms with Gasteiger partial charge in [0, 0.05) is 25.3 Å². The molecule has 1 saturated heterocycles. The maximum absolute atomic E-state index is 8.80. The number of anilines is 1. The van der Waals surface area contributed by atoms with E-state index >= 15 is 0 Å². The molecule has 0 amide bonds. The molecule has 0 aliphatic carbocycles. The van der Waals surface area contributed by atoms with Gasteiger partial charge in [0.15, 0.2) is 0 Å². The number of nitrogens with zero attached hydrogens (tertiary/aromatic N) is 3. The maximum atomic E-state index is 8.80. The second-order valence-corrected chi connectivity index (χ2v) is 5.15. The fourth-order valence-corrected chi connectivity index (χ4v) is 2.54. The third-order valence-corrected chi connectivity index (χ3v) is 4.02. The van der Waals surface area contributed by atoms with E-state index < -0.39 is 0 Å². The Morgan fingerprint density at radius 3 is 2.50 bits per heavy atom. The summed E-state index contributed by atoms with van der Waals surface area (Å²) < 4.78 is 0. The van der Waals surface area contributed by atoms with E-state index in [4.69, 9.17) is 11.0 Å². The second kappa shape index (κ2) is 4.97. The number of hydrogen-bond donors (Lipinski definition) is 1. The molecule has 1 aliphatic rings. The van der Waals surface area contributed by atoms with Crippen molar-refractivity contribution in [2.45, 2.75) is 12.0 Å². The molecular formula is C14H20N4. The van der Waals surface area contributed by atoms with Crippen molar-refractivity contribution in [1.82, 2.24) is 4.90 Å². The van der Waals surface area contributed by atoms with Crippen molar-refractivity contribution in [1.29, 1.82) is 5.26 Å². The predicted molar refractivity (Wildman–Crippen MR) is 73.5 cm³/mol. The van der Waals surface area contributed by atoms with Gasteiger partial charge in [-0.05, 0) is 44.8 Å². The lowest BCUT2D eigenvalue weighted by Crippen LogP contribution is -2.52. The monoisotopic (exact) mass is 244 g/mol. The molecule has 1 aromatic rings. The average molecular weight is 244 g/mol. The minimum absolute atomic E-state index is 0.0773. The third-order valence-electron chi connectivity index (χ3n) is 4.02. The quantitative estimate of drug-likeness (QED) is 0.862. The molecule has 1 aromatic carbocycles. The van der Waals surface area contributed by atoms with Gasteiger partial charge in [-0.1, -0.05) is 0 Å². The number of nitrogens with two attached hydrogens (primary N) is 1. The van der Waals surface area contributed by atoms with Crippen molar-refractivity contribution in [3.8, 4) is 6.07 Å². The van der Waals surface area contributed by atoms with E-state index in [0.717, 1.165) is 19.5 Å². The number of benzene rings is 1. The fraction of sp³-hybridized carbons (Fsp3) is 0.500. The number of rotatable bonds is 3. The molecule has 0 saturated carbocycles. The van der Waals surface area contributed by atoms with Crippen LogP contribution in [-0.4, -0.2) is 44.2 Å². The predicted octanol–water partition coefficient (Wildman–Crippen LogP) is 1.03. The first-order valence-corrected chi connectivity index (χ1v) is 6.24. The van der Waals surface area contributed by atoms with E-state index in [-0.39, 0.29) is 5.54 Å². The van der Waals surface area contributed by atoms with Crippen LogP contribution < -0.4 is 10.6 Å². The lowest BCUT2D eigenvalue weighted by molar-refractivity contribution is 0.184. The first-order valence-electron chi connectivity index (χ1n) is 6.24. The van der Waals surface area contributed by atoms with Gasteiger partial charge in [-0.25, -0.2) is 0 Å². The Hall–Kier alpha value is -1.57. The Kier molecular flexibility index (Phi) is 3.55. The molecule has 2 rings (SSSR count). The van der Waals surface area contributed by atoms with Crippen LogP contribution in [0.2, 0.25) is 0 Å². The first kappa shape index (κ1) is 12.9. The summed E-state index contributed by atoms with van der Waals surface area (Å²) in [6, 6.07) is 9.91. The lowest BCUT2D eigenvalue weighted by Gasteiger charge is -2.35. The maximum Gasteiger partial charge on any atom is 0.0991 e. The van der Waals surface area contributed by atoms with Crippen LogP contribution in [0.1, 0.15) is 12.0 Å². The molecule has 0 radical (unpaired) electrons. The zero-order valence-electron chi connectivity index (χ0n) is 11.1. The van der Waals surface area contributed by atoms with Crippen LogP contribution in [0.5, 0.6) is 0 Å². The number of hydrogen-bond acceptors (Lipinski definition) is 4. The standard InChI is InChI=1S/C14H20N4/c1-17(2)14(10-16)7-8-18(11-14)13-5-3-12(9-15)4-6-13/h3-6H,7-8,10-11,16H2,1-2H3. The number of likely N-dealkylation sites (N-methyl/N-ethyl adjacent to an activating group) is 1. The summed E-state index contributed by atoms with van der Waals surface area (Å²) in [6.07, 6.45) is 1.08. The van der Waals surface area contributed by atoms with Gasteiger partial charge in [0.2, 0.25) is 0 Å². The third kappa shape index (κ3) is 2.20. The first-order chi connectivity index (χ1) is 8.61. The minimum Gasteiger partial charge on any atom is -0.370 e. The van der Waals surface area contributed by atoms with Crippen molar-refractivity contribution in [2.75, 3.05) is 38.6 Å². The molecule has 96 valence electrons. The molecule has 1 heterocycles. The van der Waals surface area contributed by atoms with E-state index in [1.807, 2.05) is 24.3 Å². The van der Waals surface area contributed by atoms with Gasteiger partial charge < -0.3 is 15.5 Å². The summed E-state index contributed by atoms with van der Waals surface area (Å²) in [5, 5.41) is 8.80. The van der Waals surface area contributed by atoms with Crippen molar-refractivity contribution >= 4 is 5.69 Å². The van der Waals surface area contributed by atoms with Gasteiger partial charge in [0.1, 0.15) is 0 Å². The van der Waals surface area contributed by atoms with Crippen molar-refractivity contribution in [3.63, 3.8) is 0 Å². The van der Waals surface area contributed by atoms with Crippen molar-refractivity contribution in [3.05, 3.63) is 29.8 Å². The molecule has 2 N–H and O–H groups in total. The fourth-order valence-electron chi connectivity index (χ4n) is 2.54. The van der Waals surface area contributed by atoms with Crippen LogP contribution in [0, 0.1) is 11.3 Å². The summed E-state index contributed by atoms with van der Waals surface area (Å²) >= 11 is 0. The normalized spacial score (nSPS) is 23.4. The molecule has 4 heteroatoms. The molecule has 18 heavy (non-hydrogen) atoms. The highest BCUT2D eigenvalue weighted by molar-refractivity contribution is 5.51. The topological polar surface area (TPSA) is 56.3 Å². The zero-order chi connectivity index (χ0) is 13.2. The van der Waals surface area contributed by atoms with E-state index in [9.17, 15) is 0 Å². The van der Waals surface area contributed by atoms with Gasteiger partial charge in [0.05, 0.1) is 17.2 Å². The Labute approximate surface area is 109 Å². The highest BCUT2D eigenvalue weighted by Gasteiger charge is 2.38. The molecule has 1 aliphatic heterocycles. The largest absolute Gasteiger partial charge is 0.370 e. The molecular weight excluding hydrogens is 224 g/mol. The molecule has 1 atom stereocenters. The van der Waals surface area contributed by atoms with Gasteiger partial charge in [-0.2, -0.15) is 5.26 Å². The summed E-state index contributed by atoms with van der Waals surface area (Å²) in [4.78, 5) is 4.57. The molecule has 0 bridgehead atoms. The van der Waals surface area contributed by atoms with E-state index in [1.54, 1.807) is 0 Å². The Bertz CT molecular complexity index is 446.